The predicted molar refractivity (Wildman–Crippen MR) is 130 cm³/mol. The number of Topliss-reactive ketones (excluding diaryl/α,β-unsaturated/α-hetero) is 1. The van der Waals surface area contributed by atoms with Gasteiger partial charge in [0.15, 0.2) is 0 Å². The molecule has 0 spiro atoms. The highest BCUT2D eigenvalue weighted by molar-refractivity contribution is 5.78. The molecule has 182 valence electrons. The van der Waals surface area contributed by atoms with Gasteiger partial charge in [-0.15, -0.1) is 0 Å². The summed E-state index contributed by atoms with van der Waals surface area (Å²) in [7, 11) is 1.69. The van der Waals surface area contributed by atoms with E-state index in [1.54, 1.807) is 7.11 Å². The van der Waals surface area contributed by atoms with Gasteiger partial charge in [0.1, 0.15) is 11.4 Å². The normalized spacial score (nSPS) is 12.9. The number of esters is 1. The molecule has 0 N–H and O–H groups in total. The maximum Gasteiger partial charge on any atom is 0.309 e. The summed E-state index contributed by atoms with van der Waals surface area (Å²) in [6.07, 6.45) is 19.8. The van der Waals surface area contributed by atoms with Gasteiger partial charge in [-0.3, -0.25) is 9.59 Å². The smallest absolute Gasteiger partial charge is 0.309 e. The minimum absolute atomic E-state index is 0.0985. The van der Waals surface area contributed by atoms with Crippen LogP contribution in [0.15, 0.2) is 12.2 Å². The zero-order chi connectivity index (χ0) is 23.4. The van der Waals surface area contributed by atoms with Gasteiger partial charge in [-0.25, -0.2) is 0 Å². The highest BCUT2D eigenvalue weighted by Gasteiger charge is 2.23. The average molecular weight is 439 g/mol. The number of unbranched alkanes of at least 4 members (excludes halogenated alkanes) is 8. The van der Waals surface area contributed by atoms with Crippen LogP contribution in [0.25, 0.3) is 0 Å². The Kier molecular flexibility index (Phi) is 18.8. The van der Waals surface area contributed by atoms with Crippen LogP contribution >= 0.6 is 0 Å². The van der Waals surface area contributed by atoms with Gasteiger partial charge in [0.05, 0.1) is 5.92 Å². The monoisotopic (exact) mass is 438 g/mol. The number of ether oxygens (including phenoxy) is 2. The summed E-state index contributed by atoms with van der Waals surface area (Å²) in [4.78, 5) is 24.3. The van der Waals surface area contributed by atoms with Crippen LogP contribution < -0.4 is 0 Å². The number of ketones is 1. The van der Waals surface area contributed by atoms with E-state index < -0.39 is 5.60 Å². The zero-order valence-corrected chi connectivity index (χ0v) is 21.2. The summed E-state index contributed by atoms with van der Waals surface area (Å²) >= 11 is 0. The van der Waals surface area contributed by atoms with Crippen molar-refractivity contribution in [2.75, 3.05) is 13.7 Å². The lowest BCUT2D eigenvalue weighted by Gasteiger charge is -2.23. The van der Waals surface area contributed by atoms with Crippen molar-refractivity contribution in [3.05, 3.63) is 12.2 Å². The van der Waals surface area contributed by atoms with Gasteiger partial charge >= 0.3 is 5.97 Å². The molecular formula is C27H50O4. The van der Waals surface area contributed by atoms with E-state index in [1.807, 2.05) is 20.8 Å². The first kappa shape index (κ1) is 29.8. The fourth-order valence-electron chi connectivity index (χ4n) is 3.56. The molecule has 4 heteroatoms. The van der Waals surface area contributed by atoms with Gasteiger partial charge < -0.3 is 9.47 Å². The van der Waals surface area contributed by atoms with E-state index in [0.29, 0.717) is 12.4 Å². The Balaban J connectivity index is 3.90. The maximum atomic E-state index is 12.4. The van der Waals surface area contributed by atoms with Crippen molar-refractivity contribution in [3.8, 4) is 0 Å². The Labute approximate surface area is 192 Å². The van der Waals surface area contributed by atoms with Crippen LogP contribution in [0.4, 0.5) is 0 Å². The molecule has 4 nitrogen and oxygen atoms in total. The lowest BCUT2D eigenvalue weighted by atomic mass is 9.98. The predicted octanol–water partition coefficient (Wildman–Crippen LogP) is 7.59. The number of hydrogen-bond acceptors (Lipinski definition) is 4. The minimum atomic E-state index is -0.448. The van der Waals surface area contributed by atoms with Crippen LogP contribution in [0.2, 0.25) is 0 Å². The van der Waals surface area contributed by atoms with Crippen molar-refractivity contribution in [2.24, 2.45) is 5.92 Å². The second-order valence-corrected chi connectivity index (χ2v) is 9.73. The van der Waals surface area contributed by atoms with Gasteiger partial charge in [0.2, 0.25) is 0 Å². The summed E-state index contributed by atoms with van der Waals surface area (Å²) in [6.45, 7) is 8.62. The summed E-state index contributed by atoms with van der Waals surface area (Å²) in [5, 5.41) is 0. The van der Waals surface area contributed by atoms with Gasteiger partial charge in [-0.05, 0) is 65.7 Å². The largest absolute Gasteiger partial charge is 0.460 e. The molecule has 0 saturated carbocycles. The molecule has 1 atom stereocenters. The van der Waals surface area contributed by atoms with Gasteiger partial charge in [0, 0.05) is 26.6 Å². The molecule has 0 saturated heterocycles. The number of carbonyl (C=O) groups excluding carboxylic acids is 2. The maximum absolute atomic E-state index is 12.4. The molecule has 31 heavy (non-hydrogen) atoms. The Morgan fingerprint density at radius 1 is 0.839 bits per heavy atom. The molecular weight excluding hydrogens is 388 g/mol. The van der Waals surface area contributed by atoms with E-state index >= 15 is 0 Å². The Morgan fingerprint density at radius 3 is 2.03 bits per heavy atom. The molecule has 0 rings (SSSR count). The molecule has 0 aliphatic heterocycles. The second-order valence-electron chi connectivity index (χ2n) is 9.73. The fourth-order valence-corrected chi connectivity index (χ4v) is 3.56. The molecule has 0 radical (unpaired) electrons. The van der Waals surface area contributed by atoms with Gasteiger partial charge in [-0.2, -0.15) is 0 Å². The Morgan fingerprint density at radius 2 is 1.45 bits per heavy atom. The minimum Gasteiger partial charge on any atom is -0.460 e. The number of hydrogen-bond donors (Lipinski definition) is 0. The van der Waals surface area contributed by atoms with Crippen LogP contribution in [-0.2, 0) is 19.1 Å². The first-order valence-electron chi connectivity index (χ1n) is 12.7. The van der Waals surface area contributed by atoms with Crippen molar-refractivity contribution >= 4 is 11.8 Å². The third kappa shape index (κ3) is 20.5. The van der Waals surface area contributed by atoms with Crippen LogP contribution in [-0.4, -0.2) is 31.1 Å². The van der Waals surface area contributed by atoms with Crippen molar-refractivity contribution in [1.29, 1.82) is 0 Å². The highest BCUT2D eigenvalue weighted by Crippen LogP contribution is 2.19. The Hall–Kier alpha value is -1.16. The topological polar surface area (TPSA) is 52.6 Å². The molecule has 0 aromatic heterocycles. The van der Waals surface area contributed by atoms with Crippen molar-refractivity contribution < 1.29 is 19.1 Å². The van der Waals surface area contributed by atoms with E-state index in [0.717, 1.165) is 70.6 Å². The highest BCUT2D eigenvalue weighted by atomic mass is 16.6. The summed E-state index contributed by atoms with van der Waals surface area (Å²) in [6, 6.07) is 0. The number of rotatable bonds is 20. The molecule has 0 fully saturated rings. The first-order valence-corrected chi connectivity index (χ1v) is 12.7. The molecule has 0 unspecified atom stereocenters. The molecule has 0 aliphatic carbocycles. The number of carbonyl (C=O) groups is 2. The zero-order valence-electron chi connectivity index (χ0n) is 21.2. The summed E-state index contributed by atoms with van der Waals surface area (Å²) < 4.78 is 10.7. The van der Waals surface area contributed by atoms with Crippen molar-refractivity contribution in [2.45, 2.75) is 130 Å². The van der Waals surface area contributed by atoms with Crippen molar-refractivity contribution in [1.82, 2.24) is 0 Å². The molecule has 0 aromatic rings. The lowest BCUT2D eigenvalue weighted by molar-refractivity contribution is -0.160. The molecule has 0 aliphatic rings. The molecule has 0 heterocycles. The van der Waals surface area contributed by atoms with Crippen LogP contribution in [0.1, 0.15) is 124 Å². The van der Waals surface area contributed by atoms with E-state index in [1.165, 1.54) is 25.7 Å². The lowest BCUT2D eigenvalue weighted by Crippen LogP contribution is -2.28. The SMILES string of the molecule is CCCCCCCC(=O)CCCCCC/C=C/C[C@@H](CCCOC)C(=O)OC(C)(C)C. The molecule has 0 amide bonds. The quantitative estimate of drug-likeness (QED) is 0.112. The van der Waals surface area contributed by atoms with Crippen LogP contribution in [0, 0.1) is 5.92 Å². The average Bonchev–Trinajstić information content (AvgIpc) is 2.69. The van der Waals surface area contributed by atoms with Crippen molar-refractivity contribution in [3.63, 3.8) is 0 Å². The van der Waals surface area contributed by atoms with Gasteiger partial charge in [-0.1, -0.05) is 57.6 Å². The molecule has 0 aromatic carbocycles. The number of allylic oxidation sites excluding steroid dienone is 2. The summed E-state index contributed by atoms with van der Waals surface area (Å²) in [5.74, 6) is 0.236. The molecule has 0 bridgehead atoms. The first-order chi connectivity index (χ1) is 14.8. The summed E-state index contributed by atoms with van der Waals surface area (Å²) in [5.41, 5.74) is -0.448. The number of methoxy groups -OCH3 is 1. The van der Waals surface area contributed by atoms with E-state index in [4.69, 9.17) is 9.47 Å². The van der Waals surface area contributed by atoms with E-state index in [2.05, 4.69) is 19.1 Å². The second kappa shape index (κ2) is 19.5. The third-order valence-corrected chi connectivity index (χ3v) is 5.36. The van der Waals surface area contributed by atoms with E-state index in [-0.39, 0.29) is 11.9 Å². The third-order valence-electron chi connectivity index (χ3n) is 5.36. The Bertz CT molecular complexity index is 476. The van der Waals surface area contributed by atoms with E-state index in [9.17, 15) is 9.59 Å². The van der Waals surface area contributed by atoms with Crippen LogP contribution in [0.3, 0.4) is 0 Å². The fraction of sp³-hybridized carbons (Fsp3) is 0.852. The van der Waals surface area contributed by atoms with Gasteiger partial charge in [0.25, 0.3) is 0 Å². The standard InChI is InChI=1S/C27H50O4/c1-6-7-8-12-16-21-25(28)22-17-14-11-9-10-13-15-19-24(20-18-23-30-5)26(29)31-27(2,3)4/h13,15,24H,6-12,14,16-23H2,1-5H3/b15-13+/t24-/m0/s1. The van der Waals surface area contributed by atoms with Crippen LogP contribution in [0.5, 0.6) is 0 Å².